The lowest BCUT2D eigenvalue weighted by atomic mass is 10.1. The predicted molar refractivity (Wildman–Crippen MR) is 288 cm³/mol. The van der Waals surface area contributed by atoms with E-state index in [9.17, 15) is 28.9 Å². The van der Waals surface area contributed by atoms with Crippen LogP contribution in [0.25, 0.3) is 0 Å². The van der Waals surface area contributed by atoms with Gasteiger partial charge in [-0.1, -0.05) is 202 Å². The molecule has 0 fully saturated rings. The fraction of sp³-hybridized carbons (Fsp3) is 0.707. The number of esters is 3. The molecule has 0 aliphatic carbocycles. The van der Waals surface area contributed by atoms with E-state index in [0.717, 1.165) is 122 Å². The molecule has 0 aromatic heterocycles. The molecular weight excluding hydrogens is 904 g/mol. The SMILES string of the molecule is CC/C=C\C/C=C\C/C=C\C/C=C\CCCCCCC(=O)OC(COC(=O)CCCCCCC/C=C\C/C=C\C/C=C\CC)COP(=O)(O)OCC(CO)OC(=O)CCCCCCCCCCCCC. The van der Waals surface area contributed by atoms with Crippen LogP contribution >= 0.6 is 7.82 Å². The number of unbranched alkanes of at least 4 members (excludes halogenated alkanes) is 19. The van der Waals surface area contributed by atoms with Crippen LogP contribution < -0.4 is 0 Å². The quantitative estimate of drug-likeness (QED) is 0.0197. The Morgan fingerprint density at radius 1 is 0.414 bits per heavy atom. The Balaban J connectivity index is 4.81. The second-order valence-electron chi connectivity index (χ2n) is 18.0. The summed E-state index contributed by atoms with van der Waals surface area (Å²) < 4.78 is 39.4. The summed E-state index contributed by atoms with van der Waals surface area (Å²) in [6.45, 7) is 4.36. The number of hydrogen-bond acceptors (Lipinski definition) is 10. The first-order chi connectivity index (χ1) is 34.2. The van der Waals surface area contributed by atoms with Crippen molar-refractivity contribution >= 4 is 25.7 Å². The summed E-state index contributed by atoms with van der Waals surface area (Å²) in [7, 11) is -4.76. The number of rotatable bonds is 50. The molecule has 3 atom stereocenters. The van der Waals surface area contributed by atoms with Crippen LogP contribution in [0, 0.1) is 0 Å². The van der Waals surface area contributed by atoms with Gasteiger partial charge in [-0.25, -0.2) is 4.57 Å². The molecule has 0 heterocycles. The van der Waals surface area contributed by atoms with Crippen molar-refractivity contribution in [2.45, 2.75) is 238 Å². The van der Waals surface area contributed by atoms with Gasteiger partial charge in [-0.15, -0.1) is 0 Å². The van der Waals surface area contributed by atoms with Crippen molar-refractivity contribution in [2.75, 3.05) is 26.4 Å². The van der Waals surface area contributed by atoms with Crippen molar-refractivity contribution in [1.82, 2.24) is 0 Å². The standard InChI is InChI=1S/C58H99O11P/c1-4-7-10-13-16-19-22-24-26-27-29-31-34-37-40-43-46-49-58(62)69-55(51-65-56(60)47-44-41-38-35-33-30-28-25-23-20-17-14-11-8-5-2)53-67-70(63,64)66-52-54(50-59)68-57(61)48-45-42-39-36-32-21-18-15-12-9-6-3/h7-8,10-11,16-17,19-20,24-26,28-29,31,54-55,59H,4-6,9,12-15,18,21-23,27,30,32-53H2,1-3H3,(H,63,64)/b10-7-,11-8-,19-16-,20-17-,26-24-,28-25-,31-29-. The van der Waals surface area contributed by atoms with Crippen molar-refractivity contribution in [3.05, 3.63) is 85.1 Å². The summed E-state index contributed by atoms with van der Waals surface area (Å²) in [5.74, 6) is -1.52. The lowest BCUT2D eigenvalue weighted by Crippen LogP contribution is -2.30. The van der Waals surface area contributed by atoms with Crippen LogP contribution in [0.5, 0.6) is 0 Å². The van der Waals surface area contributed by atoms with Crippen molar-refractivity contribution in [3.8, 4) is 0 Å². The second-order valence-corrected chi connectivity index (χ2v) is 19.4. The van der Waals surface area contributed by atoms with E-state index in [-0.39, 0.29) is 25.9 Å². The number of aliphatic hydroxyl groups excluding tert-OH is 1. The van der Waals surface area contributed by atoms with Crippen molar-refractivity contribution in [2.24, 2.45) is 0 Å². The van der Waals surface area contributed by atoms with E-state index < -0.39 is 57.8 Å². The van der Waals surface area contributed by atoms with Gasteiger partial charge >= 0.3 is 25.7 Å². The van der Waals surface area contributed by atoms with Crippen LogP contribution in [0.15, 0.2) is 85.1 Å². The van der Waals surface area contributed by atoms with Gasteiger partial charge in [0.25, 0.3) is 0 Å². The number of ether oxygens (including phenoxy) is 3. The topological polar surface area (TPSA) is 155 Å². The molecule has 0 rings (SSSR count). The lowest BCUT2D eigenvalue weighted by Gasteiger charge is -2.21. The highest BCUT2D eigenvalue weighted by molar-refractivity contribution is 7.47. The molecule has 0 aliphatic rings. The van der Waals surface area contributed by atoms with Crippen LogP contribution in [-0.4, -0.2) is 66.5 Å². The minimum absolute atomic E-state index is 0.133. The molecule has 0 saturated carbocycles. The Labute approximate surface area is 426 Å². The molecule has 11 nitrogen and oxygen atoms in total. The molecule has 3 unspecified atom stereocenters. The highest BCUT2D eigenvalue weighted by Gasteiger charge is 2.28. The number of hydrogen-bond donors (Lipinski definition) is 2. The summed E-state index contributed by atoms with van der Waals surface area (Å²) in [5.41, 5.74) is 0. The molecule has 0 bridgehead atoms. The minimum atomic E-state index is -4.76. The normalized spacial score (nSPS) is 14.1. The molecule has 0 spiro atoms. The first-order valence-electron chi connectivity index (χ1n) is 27.5. The summed E-state index contributed by atoms with van der Waals surface area (Å²) in [5, 5.41) is 9.78. The zero-order valence-corrected chi connectivity index (χ0v) is 45.1. The van der Waals surface area contributed by atoms with Crippen LogP contribution in [0.1, 0.15) is 226 Å². The Hall–Kier alpha value is -3.34. The van der Waals surface area contributed by atoms with Crippen molar-refractivity contribution in [3.63, 3.8) is 0 Å². The number of allylic oxidation sites excluding steroid dienone is 14. The van der Waals surface area contributed by atoms with Gasteiger partial charge in [0.05, 0.1) is 19.8 Å². The van der Waals surface area contributed by atoms with Crippen LogP contribution in [0.3, 0.4) is 0 Å². The highest BCUT2D eigenvalue weighted by Crippen LogP contribution is 2.43. The first kappa shape index (κ1) is 66.7. The van der Waals surface area contributed by atoms with Gasteiger partial charge in [0.1, 0.15) is 12.7 Å². The van der Waals surface area contributed by atoms with E-state index in [2.05, 4.69) is 106 Å². The number of phosphoric acid groups is 1. The van der Waals surface area contributed by atoms with Crippen LogP contribution in [0.2, 0.25) is 0 Å². The van der Waals surface area contributed by atoms with Crippen LogP contribution in [0.4, 0.5) is 0 Å². The summed E-state index contributed by atoms with van der Waals surface area (Å²) in [4.78, 5) is 48.4. The Morgan fingerprint density at radius 2 is 0.743 bits per heavy atom. The van der Waals surface area contributed by atoms with E-state index in [1.54, 1.807) is 0 Å². The van der Waals surface area contributed by atoms with Crippen LogP contribution in [-0.2, 0) is 42.2 Å². The fourth-order valence-electron chi connectivity index (χ4n) is 7.18. The molecule has 70 heavy (non-hydrogen) atoms. The van der Waals surface area contributed by atoms with Gasteiger partial charge in [-0.2, -0.15) is 0 Å². The van der Waals surface area contributed by atoms with Gasteiger partial charge in [0, 0.05) is 19.3 Å². The van der Waals surface area contributed by atoms with Gasteiger partial charge in [0.15, 0.2) is 6.10 Å². The average molecular weight is 1000 g/mol. The lowest BCUT2D eigenvalue weighted by molar-refractivity contribution is -0.161. The second kappa shape index (κ2) is 52.0. The van der Waals surface area contributed by atoms with E-state index in [4.69, 9.17) is 23.3 Å². The molecule has 0 amide bonds. The van der Waals surface area contributed by atoms with Gasteiger partial charge in [-0.05, 0) is 89.9 Å². The zero-order valence-electron chi connectivity index (χ0n) is 44.2. The van der Waals surface area contributed by atoms with E-state index >= 15 is 0 Å². The average Bonchev–Trinajstić information content (AvgIpc) is 3.35. The van der Waals surface area contributed by atoms with E-state index in [0.29, 0.717) is 19.3 Å². The maximum Gasteiger partial charge on any atom is 0.472 e. The third-order valence-electron chi connectivity index (χ3n) is 11.3. The fourth-order valence-corrected chi connectivity index (χ4v) is 7.97. The molecule has 402 valence electrons. The molecule has 12 heteroatoms. The summed E-state index contributed by atoms with van der Waals surface area (Å²) in [6.07, 6.45) is 58.3. The van der Waals surface area contributed by atoms with E-state index in [1.165, 1.54) is 44.9 Å². The van der Waals surface area contributed by atoms with Crippen molar-refractivity contribution < 1.29 is 52.2 Å². The molecule has 0 saturated heterocycles. The molecule has 0 aliphatic heterocycles. The minimum Gasteiger partial charge on any atom is -0.462 e. The maximum absolute atomic E-state index is 12.9. The predicted octanol–water partition coefficient (Wildman–Crippen LogP) is 15.9. The molecular formula is C58H99O11P. The van der Waals surface area contributed by atoms with Gasteiger partial charge < -0.3 is 24.2 Å². The highest BCUT2D eigenvalue weighted by atomic mass is 31.2. The number of aliphatic hydroxyl groups is 1. The Bertz CT molecular complexity index is 1500. The molecule has 2 N–H and O–H groups in total. The number of carbonyl (C=O) groups is 3. The van der Waals surface area contributed by atoms with Crippen molar-refractivity contribution in [1.29, 1.82) is 0 Å². The molecule has 0 aromatic carbocycles. The number of carbonyl (C=O) groups excluding carboxylic acids is 3. The Kier molecular flexibility index (Phi) is 49.5. The third-order valence-corrected chi connectivity index (χ3v) is 12.3. The largest absolute Gasteiger partial charge is 0.472 e. The van der Waals surface area contributed by atoms with Gasteiger partial charge in [-0.3, -0.25) is 23.4 Å². The first-order valence-corrected chi connectivity index (χ1v) is 29.0. The zero-order chi connectivity index (χ0) is 51.3. The smallest absolute Gasteiger partial charge is 0.462 e. The molecule has 0 radical (unpaired) electrons. The Morgan fingerprint density at radius 3 is 1.14 bits per heavy atom. The van der Waals surface area contributed by atoms with E-state index in [1.807, 2.05) is 0 Å². The third kappa shape index (κ3) is 49.6. The van der Waals surface area contributed by atoms with Gasteiger partial charge in [0.2, 0.25) is 0 Å². The maximum atomic E-state index is 12.9. The summed E-state index contributed by atoms with van der Waals surface area (Å²) in [6, 6.07) is 0. The monoisotopic (exact) mass is 1000 g/mol. The molecule has 0 aromatic rings. The number of phosphoric ester groups is 1. The summed E-state index contributed by atoms with van der Waals surface area (Å²) >= 11 is 0.